The molecule has 0 aliphatic heterocycles. The first-order valence-corrected chi connectivity index (χ1v) is 7.96. The quantitative estimate of drug-likeness (QED) is 0.750. The minimum atomic E-state index is -1.23. The van der Waals surface area contributed by atoms with Crippen LogP contribution >= 0.6 is 0 Å². The van der Waals surface area contributed by atoms with Gasteiger partial charge in [0.15, 0.2) is 0 Å². The maximum absolute atomic E-state index is 13.0. The topological polar surface area (TPSA) is 86.6 Å². The molecule has 0 heterocycles. The van der Waals surface area contributed by atoms with E-state index in [2.05, 4.69) is 5.32 Å². The fraction of sp³-hybridized carbons (Fsp3) is 0.263. The summed E-state index contributed by atoms with van der Waals surface area (Å²) in [6.45, 7) is 0. The smallest absolute Gasteiger partial charge is 0.339 e. The van der Waals surface area contributed by atoms with Crippen LogP contribution in [0.5, 0.6) is 5.75 Å². The minimum Gasteiger partial charge on any atom is -0.507 e. The van der Waals surface area contributed by atoms with E-state index in [0.29, 0.717) is 5.69 Å². The van der Waals surface area contributed by atoms with Crippen molar-refractivity contribution in [2.24, 2.45) is 0 Å². The lowest BCUT2D eigenvalue weighted by Gasteiger charge is -2.28. The van der Waals surface area contributed by atoms with Crippen molar-refractivity contribution in [3.63, 3.8) is 0 Å². The van der Waals surface area contributed by atoms with Crippen molar-refractivity contribution in [1.82, 2.24) is 0 Å². The number of carboxylic acids is 1. The number of aromatic carboxylic acids is 1. The summed E-state index contributed by atoms with van der Waals surface area (Å²) in [7, 11) is 0. The Morgan fingerprint density at radius 3 is 2.29 bits per heavy atom. The molecule has 1 fully saturated rings. The van der Waals surface area contributed by atoms with Gasteiger partial charge in [0.1, 0.15) is 11.3 Å². The average Bonchev–Trinajstić information content (AvgIpc) is 3.08. The van der Waals surface area contributed by atoms with Gasteiger partial charge < -0.3 is 15.5 Å². The van der Waals surface area contributed by atoms with E-state index >= 15 is 0 Å². The summed E-state index contributed by atoms with van der Waals surface area (Å²) >= 11 is 0. The lowest BCUT2D eigenvalue weighted by molar-refractivity contribution is -0.121. The van der Waals surface area contributed by atoms with Crippen molar-refractivity contribution in [2.75, 3.05) is 5.32 Å². The Balaban J connectivity index is 1.90. The van der Waals surface area contributed by atoms with Gasteiger partial charge in [0, 0.05) is 5.69 Å². The van der Waals surface area contributed by atoms with Crippen LogP contribution < -0.4 is 5.32 Å². The number of anilines is 1. The highest BCUT2D eigenvalue weighted by Gasteiger charge is 2.42. The molecular weight excluding hydrogens is 306 g/mol. The molecule has 5 heteroatoms. The number of hydrogen-bond acceptors (Lipinski definition) is 3. The first kappa shape index (κ1) is 16.1. The molecule has 1 saturated carbocycles. The largest absolute Gasteiger partial charge is 0.507 e. The highest BCUT2D eigenvalue weighted by molar-refractivity contribution is 6.01. The minimum absolute atomic E-state index is 0.131. The molecule has 2 aromatic rings. The van der Waals surface area contributed by atoms with Gasteiger partial charge in [-0.1, -0.05) is 43.2 Å². The molecule has 24 heavy (non-hydrogen) atoms. The van der Waals surface area contributed by atoms with Gasteiger partial charge in [0.05, 0.1) is 5.41 Å². The summed E-state index contributed by atoms with van der Waals surface area (Å²) in [6, 6.07) is 13.8. The molecule has 0 saturated heterocycles. The molecule has 5 nitrogen and oxygen atoms in total. The van der Waals surface area contributed by atoms with E-state index in [0.717, 1.165) is 31.2 Å². The zero-order valence-corrected chi connectivity index (χ0v) is 13.2. The van der Waals surface area contributed by atoms with Crippen LogP contribution in [-0.4, -0.2) is 22.1 Å². The van der Waals surface area contributed by atoms with Crippen LogP contribution in [-0.2, 0) is 10.2 Å². The van der Waals surface area contributed by atoms with Crippen molar-refractivity contribution < 1.29 is 19.8 Å². The molecule has 124 valence electrons. The zero-order valence-electron chi connectivity index (χ0n) is 13.2. The third-order valence-corrected chi connectivity index (χ3v) is 4.70. The Labute approximate surface area is 139 Å². The third-order valence-electron chi connectivity index (χ3n) is 4.70. The molecule has 0 atom stereocenters. The lowest BCUT2D eigenvalue weighted by Crippen LogP contribution is -2.38. The number of amides is 1. The van der Waals surface area contributed by atoms with Gasteiger partial charge in [0.2, 0.25) is 5.91 Å². The highest BCUT2D eigenvalue weighted by Crippen LogP contribution is 2.42. The Morgan fingerprint density at radius 2 is 1.67 bits per heavy atom. The van der Waals surface area contributed by atoms with Crippen LogP contribution in [0.3, 0.4) is 0 Å². The van der Waals surface area contributed by atoms with Crippen molar-refractivity contribution in [1.29, 1.82) is 0 Å². The number of carbonyl (C=O) groups is 2. The zero-order chi connectivity index (χ0) is 17.2. The second-order valence-electron chi connectivity index (χ2n) is 6.15. The van der Waals surface area contributed by atoms with Crippen LogP contribution in [0.25, 0.3) is 0 Å². The number of carboxylic acid groups (broad SMARTS) is 1. The van der Waals surface area contributed by atoms with Crippen molar-refractivity contribution >= 4 is 17.6 Å². The number of hydrogen-bond donors (Lipinski definition) is 3. The van der Waals surface area contributed by atoms with Gasteiger partial charge in [-0.15, -0.1) is 0 Å². The van der Waals surface area contributed by atoms with Gasteiger partial charge in [-0.25, -0.2) is 4.79 Å². The Bertz CT molecular complexity index is 764. The lowest BCUT2D eigenvalue weighted by atomic mass is 9.78. The molecule has 0 spiro atoms. The Hall–Kier alpha value is -2.82. The van der Waals surface area contributed by atoms with Gasteiger partial charge >= 0.3 is 5.97 Å². The predicted molar refractivity (Wildman–Crippen MR) is 90.3 cm³/mol. The van der Waals surface area contributed by atoms with E-state index in [1.54, 1.807) is 0 Å². The molecule has 0 unspecified atom stereocenters. The monoisotopic (exact) mass is 325 g/mol. The maximum Gasteiger partial charge on any atom is 0.339 e. The average molecular weight is 325 g/mol. The van der Waals surface area contributed by atoms with E-state index in [1.807, 2.05) is 30.3 Å². The molecule has 0 aromatic heterocycles. The van der Waals surface area contributed by atoms with Crippen LogP contribution in [0.1, 0.15) is 41.6 Å². The Kier molecular flexibility index (Phi) is 4.25. The second kappa shape index (κ2) is 6.35. The summed E-state index contributed by atoms with van der Waals surface area (Å²) in [5.74, 6) is -1.69. The fourth-order valence-electron chi connectivity index (χ4n) is 3.42. The van der Waals surface area contributed by atoms with Crippen LogP contribution in [0, 0.1) is 0 Å². The van der Waals surface area contributed by atoms with E-state index in [1.165, 1.54) is 18.2 Å². The number of carbonyl (C=O) groups excluding carboxylic acids is 1. The molecular formula is C19H19NO4. The standard InChI is InChI=1S/C19H19NO4/c21-16-9-8-14(12-15(16)17(22)23)20-18(24)19(10-4-5-11-19)13-6-2-1-3-7-13/h1-3,6-9,12,21H,4-5,10-11H2,(H,20,24)(H,22,23). The van der Waals surface area contributed by atoms with Crippen molar-refractivity contribution in [3.05, 3.63) is 59.7 Å². The van der Waals surface area contributed by atoms with Gasteiger partial charge in [-0.05, 0) is 36.6 Å². The number of phenols is 1. The maximum atomic E-state index is 13.0. The van der Waals surface area contributed by atoms with Crippen molar-refractivity contribution in [3.8, 4) is 5.75 Å². The summed E-state index contributed by atoms with van der Waals surface area (Å²) < 4.78 is 0. The van der Waals surface area contributed by atoms with Gasteiger partial charge in [-0.2, -0.15) is 0 Å². The number of nitrogens with one attached hydrogen (secondary N) is 1. The molecule has 1 aliphatic carbocycles. The number of rotatable bonds is 4. The third kappa shape index (κ3) is 2.85. The molecule has 3 N–H and O–H groups in total. The Morgan fingerprint density at radius 1 is 1.00 bits per heavy atom. The summed E-state index contributed by atoms with van der Waals surface area (Å²) in [5, 5.41) is 21.5. The van der Waals surface area contributed by atoms with E-state index in [9.17, 15) is 14.7 Å². The molecule has 1 amide bonds. The fourth-order valence-corrected chi connectivity index (χ4v) is 3.42. The van der Waals surface area contributed by atoms with Gasteiger partial charge in [0.25, 0.3) is 0 Å². The van der Waals surface area contributed by atoms with Crippen LogP contribution in [0.2, 0.25) is 0 Å². The predicted octanol–water partition coefficient (Wildman–Crippen LogP) is 3.54. The van der Waals surface area contributed by atoms with E-state index in [4.69, 9.17) is 5.11 Å². The molecule has 1 aliphatic rings. The number of aromatic hydroxyl groups is 1. The van der Waals surface area contributed by atoms with Crippen molar-refractivity contribution in [2.45, 2.75) is 31.1 Å². The van der Waals surface area contributed by atoms with E-state index in [-0.39, 0.29) is 17.2 Å². The molecule has 0 bridgehead atoms. The summed E-state index contributed by atoms with van der Waals surface area (Å²) in [6.07, 6.45) is 3.51. The highest BCUT2D eigenvalue weighted by atomic mass is 16.4. The van der Waals surface area contributed by atoms with E-state index < -0.39 is 11.4 Å². The molecule has 0 radical (unpaired) electrons. The second-order valence-corrected chi connectivity index (χ2v) is 6.15. The van der Waals surface area contributed by atoms with Crippen LogP contribution in [0.15, 0.2) is 48.5 Å². The summed E-state index contributed by atoms with van der Waals surface area (Å²) in [4.78, 5) is 24.1. The first-order valence-electron chi connectivity index (χ1n) is 7.96. The SMILES string of the molecule is O=C(O)c1cc(NC(=O)C2(c3ccccc3)CCCC2)ccc1O. The molecule has 3 rings (SSSR count). The van der Waals surface area contributed by atoms with Crippen LogP contribution in [0.4, 0.5) is 5.69 Å². The summed E-state index contributed by atoms with van der Waals surface area (Å²) in [5.41, 5.74) is 0.547. The van der Waals surface area contributed by atoms with Gasteiger partial charge in [-0.3, -0.25) is 4.79 Å². The molecule has 2 aromatic carbocycles. The first-order chi connectivity index (χ1) is 11.5. The normalized spacial score (nSPS) is 15.8. The number of benzene rings is 2.